The molecule has 1 aliphatic rings. The number of pyridine rings is 1. The summed E-state index contributed by atoms with van der Waals surface area (Å²) in [5.41, 5.74) is 1.54. The Bertz CT molecular complexity index is 654. The molecular weight excluding hydrogens is 266 g/mol. The van der Waals surface area contributed by atoms with Crippen LogP contribution in [0.4, 0.5) is 0 Å². The van der Waals surface area contributed by atoms with Crippen LogP contribution in [0, 0.1) is 0 Å². The van der Waals surface area contributed by atoms with Crippen LogP contribution < -0.4 is 9.47 Å². The first kappa shape index (κ1) is 13.6. The van der Waals surface area contributed by atoms with Crippen molar-refractivity contribution in [3.05, 3.63) is 53.9 Å². The molecule has 0 saturated heterocycles. The average Bonchev–Trinajstić information content (AvgIpc) is 2.54. The fourth-order valence-electron chi connectivity index (χ4n) is 2.61. The van der Waals surface area contributed by atoms with Crippen LogP contribution in [0.2, 0.25) is 0 Å². The Kier molecular flexibility index (Phi) is 3.86. The number of ether oxygens (including phenoxy) is 2. The van der Waals surface area contributed by atoms with Gasteiger partial charge in [0, 0.05) is 17.3 Å². The van der Waals surface area contributed by atoms with Crippen molar-refractivity contribution in [1.29, 1.82) is 0 Å². The number of para-hydroxylation sites is 1. The molecule has 0 spiro atoms. The van der Waals surface area contributed by atoms with Crippen LogP contribution in [0.1, 0.15) is 35.2 Å². The number of carbonyl (C=O) groups is 1. The molecule has 0 bridgehead atoms. The number of rotatable bonds is 4. The summed E-state index contributed by atoms with van der Waals surface area (Å²) in [7, 11) is 0. The highest BCUT2D eigenvalue weighted by atomic mass is 16.5. The molecule has 3 rings (SSSR count). The number of aromatic nitrogens is 1. The van der Waals surface area contributed by atoms with E-state index >= 15 is 0 Å². The summed E-state index contributed by atoms with van der Waals surface area (Å²) >= 11 is 0. The van der Waals surface area contributed by atoms with Gasteiger partial charge < -0.3 is 9.47 Å². The third-order valence-corrected chi connectivity index (χ3v) is 3.58. The van der Waals surface area contributed by atoms with Gasteiger partial charge in [-0.25, -0.2) is 0 Å². The monoisotopic (exact) mass is 283 g/mol. The lowest BCUT2D eigenvalue weighted by Crippen LogP contribution is -2.21. The Morgan fingerprint density at radius 3 is 3.10 bits per heavy atom. The molecule has 4 heteroatoms. The van der Waals surface area contributed by atoms with E-state index in [1.54, 1.807) is 18.5 Å². The lowest BCUT2D eigenvalue weighted by molar-refractivity contribution is 0.0932. The first-order valence-corrected chi connectivity index (χ1v) is 7.13. The fourth-order valence-corrected chi connectivity index (χ4v) is 2.61. The second kappa shape index (κ2) is 5.95. The predicted molar refractivity (Wildman–Crippen MR) is 79.0 cm³/mol. The minimum atomic E-state index is -0.173. The van der Waals surface area contributed by atoms with Crippen molar-refractivity contribution in [1.82, 2.24) is 4.98 Å². The van der Waals surface area contributed by atoms with E-state index in [-0.39, 0.29) is 11.7 Å². The molecule has 21 heavy (non-hydrogen) atoms. The van der Waals surface area contributed by atoms with Crippen LogP contribution in [0.25, 0.3) is 0 Å². The van der Waals surface area contributed by atoms with Crippen LogP contribution in [0.3, 0.4) is 0 Å². The van der Waals surface area contributed by atoms with Gasteiger partial charge in [-0.2, -0.15) is 0 Å². The molecule has 0 fully saturated rings. The summed E-state index contributed by atoms with van der Waals surface area (Å²) in [6.45, 7) is 3.02. The quantitative estimate of drug-likeness (QED) is 0.808. The van der Waals surface area contributed by atoms with Crippen LogP contribution in [0.5, 0.6) is 11.5 Å². The topological polar surface area (TPSA) is 48.4 Å². The normalized spacial score (nSPS) is 16.7. The van der Waals surface area contributed by atoms with E-state index in [0.717, 1.165) is 11.3 Å². The van der Waals surface area contributed by atoms with Crippen molar-refractivity contribution in [3.8, 4) is 11.5 Å². The van der Waals surface area contributed by atoms with Gasteiger partial charge in [0.25, 0.3) is 0 Å². The third-order valence-electron chi connectivity index (χ3n) is 3.58. The molecule has 4 nitrogen and oxygen atoms in total. The van der Waals surface area contributed by atoms with Gasteiger partial charge in [-0.1, -0.05) is 18.2 Å². The van der Waals surface area contributed by atoms with E-state index in [1.807, 2.05) is 31.2 Å². The molecule has 1 aromatic heterocycles. The number of Topliss-reactive ketones (excluding diaryl/α,β-unsaturated/α-hetero) is 1. The Morgan fingerprint density at radius 1 is 1.38 bits per heavy atom. The van der Waals surface area contributed by atoms with E-state index in [4.69, 9.17) is 9.47 Å². The highest BCUT2D eigenvalue weighted by Crippen LogP contribution is 2.35. The molecule has 1 unspecified atom stereocenters. The van der Waals surface area contributed by atoms with E-state index in [1.165, 1.54) is 0 Å². The summed E-state index contributed by atoms with van der Waals surface area (Å²) in [4.78, 5) is 16.9. The lowest BCUT2D eigenvalue weighted by Gasteiger charge is -2.24. The van der Waals surface area contributed by atoms with Crippen molar-refractivity contribution >= 4 is 5.78 Å². The molecule has 0 N–H and O–H groups in total. The van der Waals surface area contributed by atoms with Crippen molar-refractivity contribution < 1.29 is 14.3 Å². The summed E-state index contributed by atoms with van der Waals surface area (Å²) in [5, 5.41) is 0. The molecule has 0 aliphatic carbocycles. The van der Waals surface area contributed by atoms with E-state index < -0.39 is 0 Å². The van der Waals surface area contributed by atoms with Crippen molar-refractivity contribution in [3.63, 3.8) is 0 Å². The van der Waals surface area contributed by atoms with Crippen molar-refractivity contribution in [2.45, 2.75) is 19.3 Å². The van der Waals surface area contributed by atoms with Crippen LogP contribution in [-0.2, 0) is 0 Å². The number of fused-ring (bicyclic) bond motifs is 1. The zero-order valence-corrected chi connectivity index (χ0v) is 11.9. The van der Waals surface area contributed by atoms with Crippen molar-refractivity contribution in [2.75, 3.05) is 13.2 Å². The lowest BCUT2D eigenvalue weighted by atomic mass is 9.87. The second-order valence-electron chi connectivity index (χ2n) is 4.93. The molecule has 0 radical (unpaired) electrons. The molecule has 108 valence electrons. The fraction of sp³-hybridized carbons (Fsp3) is 0.294. The summed E-state index contributed by atoms with van der Waals surface area (Å²) < 4.78 is 11.0. The van der Waals surface area contributed by atoms with E-state index in [9.17, 15) is 4.79 Å². The maximum absolute atomic E-state index is 12.8. The summed E-state index contributed by atoms with van der Waals surface area (Å²) in [6.07, 6.45) is 3.91. The van der Waals surface area contributed by atoms with Gasteiger partial charge in [-0.15, -0.1) is 0 Å². The van der Waals surface area contributed by atoms with Crippen molar-refractivity contribution in [2.24, 2.45) is 0 Å². The van der Waals surface area contributed by atoms with Crippen LogP contribution in [-0.4, -0.2) is 24.0 Å². The second-order valence-corrected chi connectivity index (χ2v) is 4.93. The number of nitrogens with zero attached hydrogens (tertiary/aromatic N) is 1. The maximum Gasteiger partial charge on any atom is 0.172 e. The molecule has 1 atom stereocenters. The van der Waals surface area contributed by atoms with Crippen LogP contribution in [0.15, 0.2) is 42.7 Å². The molecule has 0 saturated carbocycles. The van der Waals surface area contributed by atoms with Gasteiger partial charge in [0.15, 0.2) is 5.78 Å². The number of benzene rings is 1. The Morgan fingerprint density at radius 2 is 2.24 bits per heavy atom. The summed E-state index contributed by atoms with van der Waals surface area (Å²) in [5.74, 6) is 1.33. The molecular formula is C17H17NO3. The van der Waals surface area contributed by atoms with Crippen LogP contribution >= 0.6 is 0 Å². The van der Waals surface area contributed by atoms with E-state index in [0.29, 0.717) is 30.9 Å². The Balaban J connectivity index is 1.91. The minimum absolute atomic E-state index is 0.0693. The van der Waals surface area contributed by atoms with Gasteiger partial charge in [0.2, 0.25) is 0 Å². The van der Waals surface area contributed by atoms with Gasteiger partial charge in [-0.05, 0) is 25.5 Å². The first-order valence-electron chi connectivity index (χ1n) is 7.13. The van der Waals surface area contributed by atoms with Gasteiger partial charge in [-0.3, -0.25) is 9.78 Å². The average molecular weight is 283 g/mol. The largest absolute Gasteiger partial charge is 0.493 e. The van der Waals surface area contributed by atoms with Gasteiger partial charge >= 0.3 is 0 Å². The Labute approximate surface area is 123 Å². The Hall–Kier alpha value is -2.36. The number of ketones is 1. The smallest absolute Gasteiger partial charge is 0.172 e. The third kappa shape index (κ3) is 2.75. The first-order chi connectivity index (χ1) is 10.3. The number of carbonyl (C=O) groups excluding carboxylic acids is 1. The summed E-state index contributed by atoms with van der Waals surface area (Å²) in [6, 6.07) is 9.48. The molecule has 0 amide bonds. The van der Waals surface area contributed by atoms with Gasteiger partial charge in [0.1, 0.15) is 11.5 Å². The molecule has 1 aromatic carbocycles. The molecule has 1 aliphatic heterocycles. The zero-order valence-electron chi connectivity index (χ0n) is 11.9. The maximum atomic E-state index is 12.8. The SMILES string of the molecule is CCOc1cncc(C(=O)C2CCOc3ccccc32)c1. The highest BCUT2D eigenvalue weighted by Gasteiger charge is 2.28. The van der Waals surface area contributed by atoms with Gasteiger partial charge in [0.05, 0.1) is 25.3 Å². The highest BCUT2D eigenvalue weighted by molar-refractivity contribution is 6.01. The predicted octanol–water partition coefficient (Wildman–Crippen LogP) is 3.23. The van der Waals surface area contributed by atoms with E-state index in [2.05, 4.69) is 4.98 Å². The zero-order chi connectivity index (χ0) is 14.7. The number of hydrogen-bond donors (Lipinski definition) is 0. The number of hydrogen-bond acceptors (Lipinski definition) is 4. The standard InChI is InChI=1S/C17H17NO3/c1-2-20-13-9-12(10-18-11-13)17(19)15-7-8-21-16-6-4-3-5-14(15)16/h3-6,9-11,15H,2,7-8H2,1H3. The molecule has 2 aromatic rings. The minimum Gasteiger partial charge on any atom is -0.493 e. The molecule has 2 heterocycles.